The van der Waals surface area contributed by atoms with E-state index in [0.717, 1.165) is 21.5 Å². The maximum Gasteiger partial charge on any atom is 0.162 e. The van der Waals surface area contributed by atoms with Crippen LogP contribution in [0.4, 0.5) is 4.39 Å². The Morgan fingerprint density at radius 2 is 1.91 bits per heavy atom. The first-order valence-electron chi connectivity index (χ1n) is 10.4. The molecule has 166 valence electrons. The first-order valence-corrected chi connectivity index (χ1v) is 11.2. The number of benzene rings is 3. The number of aromatic hydroxyl groups is 1. The Morgan fingerprint density at radius 1 is 1.12 bits per heavy atom. The molecule has 3 aromatic carbocycles. The van der Waals surface area contributed by atoms with Crippen LogP contribution in [0, 0.1) is 5.82 Å². The zero-order chi connectivity index (χ0) is 22.7. The van der Waals surface area contributed by atoms with Gasteiger partial charge in [-0.05, 0) is 61.0 Å². The lowest BCUT2D eigenvalue weighted by Crippen LogP contribution is -2.33. The van der Waals surface area contributed by atoms with Gasteiger partial charge in [0.15, 0.2) is 11.5 Å². The third-order valence-electron chi connectivity index (χ3n) is 5.42. The van der Waals surface area contributed by atoms with Crippen molar-refractivity contribution in [3.05, 3.63) is 87.6 Å². The number of para-hydroxylation sites is 1. The number of phenolic OH excluding ortho intramolecular Hbond substituents is 1. The standard InChI is InChI=1S/C25H24BrFN2O3/c1-3-32-23-6-4-5-18(24(23)30)22-14-21(15-7-10-17(31-2)11-8-15)28-25(29-22)19-13-16(26)9-12-20(19)27/h4-13,22,25,29-30H,3,14H2,1-2H3/t22-,25+/m0/s1. The summed E-state index contributed by atoms with van der Waals surface area (Å²) < 4.78 is 26.3. The zero-order valence-electron chi connectivity index (χ0n) is 17.8. The Labute approximate surface area is 195 Å². The largest absolute Gasteiger partial charge is 0.504 e. The number of methoxy groups -OCH3 is 1. The van der Waals surface area contributed by atoms with E-state index in [1.54, 1.807) is 25.3 Å². The van der Waals surface area contributed by atoms with E-state index < -0.39 is 6.17 Å². The summed E-state index contributed by atoms with van der Waals surface area (Å²) in [7, 11) is 1.62. The summed E-state index contributed by atoms with van der Waals surface area (Å²) in [5.41, 5.74) is 2.83. The second-order valence-electron chi connectivity index (χ2n) is 7.42. The Morgan fingerprint density at radius 3 is 2.62 bits per heavy atom. The minimum atomic E-state index is -0.626. The molecule has 0 fully saturated rings. The summed E-state index contributed by atoms with van der Waals surface area (Å²) in [5.74, 6) is 0.898. The molecule has 3 aromatic rings. The van der Waals surface area contributed by atoms with Crippen LogP contribution in [0.3, 0.4) is 0 Å². The highest BCUT2D eigenvalue weighted by atomic mass is 79.9. The highest BCUT2D eigenvalue weighted by Gasteiger charge is 2.30. The van der Waals surface area contributed by atoms with Crippen LogP contribution in [0.2, 0.25) is 0 Å². The second kappa shape index (κ2) is 9.71. The van der Waals surface area contributed by atoms with Gasteiger partial charge in [-0.25, -0.2) is 4.39 Å². The summed E-state index contributed by atoms with van der Waals surface area (Å²) in [5, 5.41) is 14.2. The third kappa shape index (κ3) is 4.64. The van der Waals surface area contributed by atoms with Crippen molar-refractivity contribution in [1.82, 2.24) is 5.32 Å². The molecular formula is C25H24BrFN2O3. The number of nitrogens with one attached hydrogen (secondary N) is 1. The van der Waals surface area contributed by atoms with Crippen molar-refractivity contribution in [3.63, 3.8) is 0 Å². The fourth-order valence-electron chi connectivity index (χ4n) is 3.84. The topological polar surface area (TPSA) is 63.1 Å². The molecule has 0 aliphatic carbocycles. The van der Waals surface area contributed by atoms with Crippen molar-refractivity contribution in [2.24, 2.45) is 4.99 Å². The van der Waals surface area contributed by atoms with Crippen molar-refractivity contribution in [2.75, 3.05) is 13.7 Å². The molecule has 2 N–H and O–H groups in total. The van der Waals surface area contributed by atoms with Gasteiger partial charge in [-0.3, -0.25) is 10.3 Å². The first kappa shape index (κ1) is 22.3. The minimum absolute atomic E-state index is 0.0799. The lowest BCUT2D eigenvalue weighted by atomic mass is 9.93. The smallest absolute Gasteiger partial charge is 0.162 e. The van der Waals surface area contributed by atoms with E-state index in [9.17, 15) is 9.50 Å². The Kier molecular flexibility index (Phi) is 6.77. The van der Waals surface area contributed by atoms with E-state index in [1.807, 2.05) is 43.3 Å². The van der Waals surface area contributed by atoms with Gasteiger partial charge in [-0.15, -0.1) is 0 Å². The Balaban J connectivity index is 1.78. The number of hydrogen-bond donors (Lipinski definition) is 2. The van der Waals surface area contributed by atoms with Crippen molar-refractivity contribution in [1.29, 1.82) is 0 Å². The molecule has 4 rings (SSSR count). The van der Waals surface area contributed by atoms with Crippen LogP contribution in [0.1, 0.15) is 42.2 Å². The van der Waals surface area contributed by atoms with Gasteiger partial charge in [0.25, 0.3) is 0 Å². The molecule has 0 saturated carbocycles. The van der Waals surface area contributed by atoms with Gasteiger partial charge in [-0.1, -0.05) is 28.1 Å². The summed E-state index contributed by atoms with van der Waals surface area (Å²) in [6, 6.07) is 17.5. The molecule has 0 spiro atoms. The molecule has 0 saturated heterocycles. The van der Waals surface area contributed by atoms with Gasteiger partial charge in [0.2, 0.25) is 0 Å². The number of ether oxygens (including phenoxy) is 2. The fourth-order valence-corrected chi connectivity index (χ4v) is 4.22. The molecule has 5 nitrogen and oxygen atoms in total. The van der Waals surface area contributed by atoms with Crippen molar-refractivity contribution < 1.29 is 19.0 Å². The average Bonchev–Trinajstić information content (AvgIpc) is 2.82. The van der Waals surface area contributed by atoms with Gasteiger partial charge in [0.05, 0.1) is 13.7 Å². The Hall–Kier alpha value is -2.90. The number of phenols is 1. The molecule has 2 atom stereocenters. The number of nitrogens with zero attached hydrogens (tertiary/aromatic N) is 1. The first-order chi connectivity index (χ1) is 15.5. The van der Waals surface area contributed by atoms with Crippen LogP contribution in [0.15, 0.2) is 70.1 Å². The fraction of sp³-hybridized carbons (Fsp3) is 0.240. The minimum Gasteiger partial charge on any atom is -0.504 e. The third-order valence-corrected chi connectivity index (χ3v) is 5.92. The second-order valence-corrected chi connectivity index (χ2v) is 8.34. The van der Waals surface area contributed by atoms with E-state index in [4.69, 9.17) is 14.5 Å². The predicted octanol–water partition coefficient (Wildman–Crippen LogP) is 5.92. The molecule has 0 amide bonds. The van der Waals surface area contributed by atoms with Gasteiger partial charge >= 0.3 is 0 Å². The maximum absolute atomic E-state index is 14.7. The summed E-state index contributed by atoms with van der Waals surface area (Å²) in [4.78, 5) is 4.83. The molecule has 1 heterocycles. The molecule has 1 aliphatic heterocycles. The normalized spacial score (nSPS) is 18.2. The van der Waals surface area contributed by atoms with E-state index in [-0.39, 0.29) is 17.6 Å². The predicted molar refractivity (Wildman–Crippen MR) is 126 cm³/mol. The lowest BCUT2D eigenvalue weighted by molar-refractivity contribution is 0.313. The summed E-state index contributed by atoms with van der Waals surface area (Å²) >= 11 is 3.42. The molecular weight excluding hydrogens is 475 g/mol. The number of halogens is 2. The Bertz CT molecular complexity index is 1130. The van der Waals surface area contributed by atoms with Crippen molar-refractivity contribution in [3.8, 4) is 17.2 Å². The van der Waals surface area contributed by atoms with Crippen LogP contribution in [-0.2, 0) is 0 Å². The van der Waals surface area contributed by atoms with Gasteiger partial charge < -0.3 is 14.6 Å². The summed E-state index contributed by atoms with van der Waals surface area (Å²) in [6.45, 7) is 2.31. The van der Waals surface area contributed by atoms with Gasteiger partial charge in [0.1, 0.15) is 17.7 Å². The SMILES string of the molecule is CCOc1cccc([C@@H]2CC(c3ccc(OC)cc3)=N[C@@H](c3cc(Br)ccc3F)N2)c1O. The maximum atomic E-state index is 14.7. The van der Waals surface area contributed by atoms with E-state index in [0.29, 0.717) is 29.9 Å². The number of hydrogen-bond acceptors (Lipinski definition) is 5. The number of rotatable bonds is 6. The van der Waals surface area contributed by atoms with Gasteiger partial charge in [-0.2, -0.15) is 0 Å². The van der Waals surface area contributed by atoms with Crippen LogP contribution in [0.25, 0.3) is 0 Å². The monoisotopic (exact) mass is 498 g/mol. The summed E-state index contributed by atoms with van der Waals surface area (Å²) in [6.07, 6.45) is -0.111. The van der Waals surface area contributed by atoms with Crippen molar-refractivity contribution >= 4 is 21.6 Å². The molecule has 1 aliphatic rings. The highest BCUT2D eigenvalue weighted by molar-refractivity contribution is 9.10. The molecule has 0 aromatic heterocycles. The van der Waals surface area contributed by atoms with E-state index >= 15 is 0 Å². The quantitative estimate of drug-likeness (QED) is 0.442. The molecule has 0 bridgehead atoms. The lowest BCUT2D eigenvalue weighted by Gasteiger charge is -2.31. The molecule has 7 heteroatoms. The van der Waals surface area contributed by atoms with Crippen LogP contribution >= 0.6 is 15.9 Å². The van der Waals surface area contributed by atoms with Crippen molar-refractivity contribution in [2.45, 2.75) is 25.6 Å². The zero-order valence-corrected chi connectivity index (χ0v) is 19.4. The van der Waals surface area contributed by atoms with Crippen LogP contribution in [-0.4, -0.2) is 24.5 Å². The number of aliphatic imine (C=N–C) groups is 1. The van der Waals surface area contributed by atoms with E-state index in [1.165, 1.54) is 6.07 Å². The molecule has 0 unspecified atom stereocenters. The highest BCUT2D eigenvalue weighted by Crippen LogP contribution is 2.39. The van der Waals surface area contributed by atoms with Crippen LogP contribution < -0.4 is 14.8 Å². The molecule has 32 heavy (non-hydrogen) atoms. The van der Waals surface area contributed by atoms with Gasteiger partial charge in [0, 0.05) is 33.8 Å². The van der Waals surface area contributed by atoms with E-state index in [2.05, 4.69) is 21.2 Å². The molecule has 0 radical (unpaired) electrons. The van der Waals surface area contributed by atoms with Crippen LogP contribution in [0.5, 0.6) is 17.2 Å². The average molecular weight is 499 g/mol.